The SMILES string of the molecule is COc1ccc(-c2cc(C(=O)NC(C)Cn3cncn3)sc2C)cc1. The maximum atomic E-state index is 12.5. The fourth-order valence-corrected chi connectivity index (χ4v) is 3.54. The van der Waals surface area contributed by atoms with Gasteiger partial charge in [-0.3, -0.25) is 9.48 Å². The number of hydrogen-bond donors (Lipinski definition) is 1. The van der Waals surface area contributed by atoms with E-state index in [2.05, 4.69) is 15.4 Å². The number of rotatable bonds is 6. The van der Waals surface area contributed by atoms with Gasteiger partial charge >= 0.3 is 0 Å². The van der Waals surface area contributed by atoms with Gasteiger partial charge < -0.3 is 10.1 Å². The van der Waals surface area contributed by atoms with E-state index in [9.17, 15) is 4.79 Å². The zero-order valence-corrected chi connectivity index (χ0v) is 15.2. The first-order valence-corrected chi connectivity index (χ1v) is 8.76. The van der Waals surface area contributed by atoms with Crippen molar-refractivity contribution in [1.82, 2.24) is 20.1 Å². The molecule has 25 heavy (non-hydrogen) atoms. The summed E-state index contributed by atoms with van der Waals surface area (Å²) in [6.45, 7) is 4.56. The molecule has 0 saturated carbocycles. The van der Waals surface area contributed by atoms with Crippen LogP contribution in [0.25, 0.3) is 11.1 Å². The lowest BCUT2D eigenvalue weighted by Crippen LogP contribution is -2.35. The average Bonchev–Trinajstić information content (AvgIpc) is 3.24. The number of aryl methyl sites for hydroxylation is 1. The molecule has 1 N–H and O–H groups in total. The van der Waals surface area contributed by atoms with Crippen molar-refractivity contribution in [3.8, 4) is 16.9 Å². The zero-order valence-electron chi connectivity index (χ0n) is 14.4. The molecule has 3 rings (SSSR count). The molecule has 0 aliphatic rings. The fourth-order valence-electron chi connectivity index (χ4n) is 2.60. The van der Waals surface area contributed by atoms with Gasteiger partial charge in [0.15, 0.2) is 0 Å². The molecule has 0 bridgehead atoms. The number of benzene rings is 1. The second-order valence-electron chi connectivity index (χ2n) is 5.80. The van der Waals surface area contributed by atoms with Crippen LogP contribution >= 0.6 is 11.3 Å². The van der Waals surface area contributed by atoms with Gasteiger partial charge in [-0.2, -0.15) is 5.10 Å². The normalized spacial score (nSPS) is 12.0. The van der Waals surface area contributed by atoms with Gasteiger partial charge in [0.25, 0.3) is 5.91 Å². The highest BCUT2D eigenvalue weighted by atomic mass is 32.1. The highest BCUT2D eigenvalue weighted by molar-refractivity contribution is 7.14. The third-order valence-corrected chi connectivity index (χ3v) is 4.90. The van der Waals surface area contributed by atoms with Gasteiger partial charge in [-0.25, -0.2) is 4.98 Å². The maximum Gasteiger partial charge on any atom is 0.261 e. The van der Waals surface area contributed by atoms with E-state index in [0.717, 1.165) is 21.8 Å². The highest BCUT2D eigenvalue weighted by Crippen LogP contribution is 2.32. The van der Waals surface area contributed by atoms with Gasteiger partial charge in [0, 0.05) is 10.9 Å². The van der Waals surface area contributed by atoms with Crippen LogP contribution < -0.4 is 10.1 Å². The molecule has 0 saturated heterocycles. The molecule has 0 spiro atoms. The molecule has 0 radical (unpaired) electrons. The first kappa shape index (κ1) is 17.2. The number of carbonyl (C=O) groups excluding carboxylic acids is 1. The number of thiophene rings is 1. The molecule has 6 nitrogen and oxygen atoms in total. The Morgan fingerprint density at radius 2 is 2.12 bits per heavy atom. The summed E-state index contributed by atoms with van der Waals surface area (Å²) < 4.78 is 6.89. The summed E-state index contributed by atoms with van der Waals surface area (Å²) >= 11 is 1.50. The van der Waals surface area contributed by atoms with Crippen LogP contribution in [0.15, 0.2) is 43.0 Å². The maximum absolute atomic E-state index is 12.5. The molecule has 1 amide bonds. The van der Waals surface area contributed by atoms with E-state index in [4.69, 9.17) is 4.74 Å². The Morgan fingerprint density at radius 1 is 1.36 bits per heavy atom. The fraction of sp³-hybridized carbons (Fsp3) is 0.278. The smallest absolute Gasteiger partial charge is 0.261 e. The van der Waals surface area contributed by atoms with Crippen LogP contribution in [-0.4, -0.2) is 33.8 Å². The lowest BCUT2D eigenvalue weighted by molar-refractivity contribution is 0.0940. The molecule has 3 aromatic rings. The number of nitrogens with one attached hydrogen (secondary N) is 1. The number of ether oxygens (including phenoxy) is 1. The second kappa shape index (κ2) is 7.48. The van der Waals surface area contributed by atoms with Crippen molar-refractivity contribution in [2.24, 2.45) is 0 Å². The van der Waals surface area contributed by atoms with E-state index in [0.29, 0.717) is 11.4 Å². The van der Waals surface area contributed by atoms with Gasteiger partial charge in [-0.05, 0) is 43.2 Å². The van der Waals surface area contributed by atoms with Crippen LogP contribution in [0.4, 0.5) is 0 Å². The Morgan fingerprint density at radius 3 is 2.76 bits per heavy atom. The summed E-state index contributed by atoms with van der Waals surface area (Å²) in [6, 6.07) is 9.75. The van der Waals surface area contributed by atoms with Crippen LogP contribution in [0.5, 0.6) is 5.75 Å². The Labute approximate surface area is 150 Å². The van der Waals surface area contributed by atoms with E-state index in [-0.39, 0.29) is 11.9 Å². The van der Waals surface area contributed by atoms with Gasteiger partial charge in [-0.1, -0.05) is 12.1 Å². The minimum Gasteiger partial charge on any atom is -0.497 e. The highest BCUT2D eigenvalue weighted by Gasteiger charge is 2.16. The summed E-state index contributed by atoms with van der Waals surface area (Å²) in [6.07, 6.45) is 3.12. The summed E-state index contributed by atoms with van der Waals surface area (Å²) in [5, 5.41) is 7.06. The molecular weight excluding hydrogens is 336 g/mol. The monoisotopic (exact) mass is 356 g/mol. The minimum atomic E-state index is -0.0690. The van der Waals surface area contributed by atoms with E-state index in [1.165, 1.54) is 17.7 Å². The van der Waals surface area contributed by atoms with Crippen molar-refractivity contribution in [3.05, 3.63) is 52.7 Å². The molecule has 0 aliphatic carbocycles. The molecule has 2 aromatic heterocycles. The first-order valence-electron chi connectivity index (χ1n) is 7.95. The van der Waals surface area contributed by atoms with Crippen molar-refractivity contribution >= 4 is 17.2 Å². The number of amides is 1. The van der Waals surface area contributed by atoms with Gasteiger partial charge in [0.1, 0.15) is 18.4 Å². The predicted octanol–water partition coefficient (Wildman–Crippen LogP) is 3.14. The van der Waals surface area contributed by atoms with E-state index in [1.54, 1.807) is 18.1 Å². The summed E-state index contributed by atoms with van der Waals surface area (Å²) in [5.41, 5.74) is 2.14. The van der Waals surface area contributed by atoms with Gasteiger partial charge in [0.05, 0.1) is 18.5 Å². The average molecular weight is 356 g/mol. The number of nitrogens with zero attached hydrogens (tertiary/aromatic N) is 3. The summed E-state index contributed by atoms with van der Waals surface area (Å²) in [4.78, 5) is 18.2. The third kappa shape index (κ3) is 4.06. The van der Waals surface area contributed by atoms with Crippen LogP contribution in [-0.2, 0) is 6.54 Å². The second-order valence-corrected chi connectivity index (χ2v) is 7.06. The topological polar surface area (TPSA) is 69.0 Å². The molecular formula is C18H20N4O2S. The molecule has 0 fully saturated rings. The zero-order chi connectivity index (χ0) is 17.8. The number of aromatic nitrogens is 3. The number of carbonyl (C=O) groups is 1. The summed E-state index contributed by atoms with van der Waals surface area (Å²) in [5.74, 6) is 0.747. The van der Waals surface area contributed by atoms with Crippen LogP contribution in [0.2, 0.25) is 0 Å². The van der Waals surface area contributed by atoms with Crippen LogP contribution in [0.1, 0.15) is 21.5 Å². The third-order valence-electron chi connectivity index (χ3n) is 3.85. The van der Waals surface area contributed by atoms with Crippen molar-refractivity contribution in [1.29, 1.82) is 0 Å². The molecule has 1 unspecified atom stereocenters. The Kier molecular flexibility index (Phi) is 5.14. The molecule has 2 heterocycles. The molecule has 1 aromatic carbocycles. The standard InChI is InChI=1S/C18H20N4O2S/c1-12(9-22-11-19-10-20-22)21-18(23)17-8-16(13(2)25-17)14-4-6-15(24-3)7-5-14/h4-8,10-12H,9H2,1-3H3,(H,21,23). The quantitative estimate of drug-likeness (QED) is 0.737. The molecule has 0 aliphatic heterocycles. The molecule has 130 valence electrons. The minimum absolute atomic E-state index is 0.0407. The van der Waals surface area contributed by atoms with Crippen molar-refractivity contribution in [2.45, 2.75) is 26.4 Å². The number of methoxy groups -OCH3 is 1. The first-order chi connectivity index (χ1) is 12.1. The summed E-state index contributed by atoms with van der Waals surface area (Å²) in [7, 11) is 1.65. The Hall–Kier alpha value is -2.67. The van der Waals surface area contributed by atoms with E-state index >= 15 is 0 Å². The van der Waals surface area contributed by atoms with E-state index < -0.39 is 0 Å². The van der Waals surface area contributed by atoms with Crippen LogP contribution in [0.3, 0.4) is 0 Å². The lowest BCUT2D eigenvalue weighted by atomic mass is 10.1. The van der Waals surface area contributed by atoms with E-state index in [1.807, 2.05) is 44.2 Å². The number of hydrogen-bond acceptors (Lipinski definition) is 5. The van der Waals surface area contributed by atoms with Crippen LogP contribution in [0, 0.1) is 6.92 Å². The van der Waals surface area contributed by atoms with Crippen molar-refractivity contribution in [2.75, 3.05) is 7.11 Å². The molecule has 1 atom stereocenters. The molecule has 7 heteroatoms. The predicted molar refractivity (Wildman–Crippen MR) is 98.0 cm³/mol. The van der Waals surface area contributed by atoms with Gasteiger partial charge in [0.2, 0.25) is 0 Å². The lowest BCUT2D eigenvalue weighted by Gasteiger charge is -2.12. The largest absolute Gasteiger partial charge is 0.497 e. The van der Waals surface area contributed by atoms with Gasteiger partial charge in [-0.15, -0.1) is 11.3 Å². The van der Waals surface area contributed by atoms with Crippen molar-refractivity contribution in [3.63, 3.8) is 0 Å². The Bertz CT molecular complexity index is 841. The van der Waals surface area contributed by atoms with Crippen molar-refractivity contribution < 1.29 is 9.53 Å². The Balaban J connectivity index is 1.71.